The highest BCUT2D eigenvalue weighted by molar-refractivity contribution is 5.68. The number of halogens is 2. The zero-order valence-corrected chi connectivity index (χ0v) is 16.6. The minimum absolute atomic E-state index is 0.0759. The third-order valence-corrected chi connectivity index (χ3v) is 4.88. The van der Waals surface area contributed by atoms with Crippen LogP contribution < -0.4 is 10.2 Å². The molecule has 0 radical (unpaired) electrons. The Morgan fingerprint density at radius 1 is 1.07 bits per heavy atom. The van der Waals surface area contributed by atoms with Crippen molar-refractivity contribution in [1.82, 2.24) is 10.2 Å². The first kappa shape index (κ1) is 21.5. The number of carbonyl (C=O) groups is 1. The van der Waals surface area contributed by atoms with Crippen LogP contribution in [-0.4, -0.2) is 43.7 Å². The van der Waals surface area contributed by atoms with Gasteiger partial charge in [-0.05, 0) is 23.3 Å². The molecule has 0 spiro atoms. The Morgan fingerprint density at radius 2 is 1.73 bits per heavy atom. The average Bonchev–Trinajstić information content (AvgIpc) is 2.76. The summed E-state index contributed by atoms with van der Waals surface area (Å²) in [5.41, 5.74) is 1.30. The van der Waals surface area contributed by atoms with Gasteiger partial charge in [0.1, 0.15) is 23.9 Å². The molecule has 1 aliphatic heterocycles. The number of carbonyl (C=O) groups excluding carboxylic acids is 1. The summed E-state index contributed by atoms with van der Waals surface area (Å²) in [5, 5.41) is 11.5. The van der Waals surface area contributed by atoms with Crippen molar-refractivity contribution in [3.05, 3.63) is 65.2 Å². The summed E-state index contributed by atoms with van der Waals surface area (Å²) in [6.45, 7) is 2.21. The second-order valence-corrected chi connectivity index (χ2v) is 7.01. The van der Waals surface area contributed by atoms with Gasteiger partial charge in [0.15, 0.2) is 0 Å². The highest BCUT2D eigenvalue weighted by atomic mass is 19.1. The van der Waals surface area contributed by atoms with Crippen molar-refractivity contribution < 1.29 is 18.3 Å². The number of hydrogen-bond acceptors (Lipinski definition) is 5. The molecule has 2 aromatic rings. The van der Waals surface area contributed by atoms with Crippen molar-refractivity contribution in [2.45, 2.75) is 19.6 Å². The molecule has 8 heteroatoms. The average molecular weight is 414 g/mol. The van der Waals surface area contributed by atoms with Crippen molar-refractivity contribution >= 4 is 11.8 Å². The number of rotatable bonds is 7. The van der Waals surface area contributed by atoms with E-state index in [4.69, 9.17) is 10.00 Å². The molecule has 1 heterocycles. The van der Waals surface area contributed by atoms with E-state index >= 15 is 0 Å². The van der Waals surface area contributed by atoms with Crippen LogP contribution in [0.4, 0.5) is 19.3 Å². The Kier molecular flexibility index (Phi) is 7.57. The van der Waals surface area contributed by atoms with Crippen LogP contribution in [0.3, 0.4) is 0 Å². The Labute approximate surface area is 174 Å². The molecular formula is C22H24F2N4O2. The molecule has 1 N–H and O–H groups in total. The van der Waals surface area contributed by atoms with E-state index in [2.05, 4.69) is 5.32 Å². The lowest BCUT2D eigenvalue weighted by molar-refractivity contribution is 0.0941. The van der Waals surface area contributed by atoms with Gasteiger partial charge in [-0.15, -0.1) is 0 Å². The molecule has 3 rings (SSSR count). The highest BCUT2D eigenvalue weighted by Gasteiger charge is 2.26. The fourth-order valence-corrected chi connectivity index (χ4v) is 3.32. The van der Waals surface area contributed by atoms with Crippen LogP contribution in [0.5, 0.6) is 0 Å². The molecule has 0 bridgehead atoms. The maximum absolute atomic E-state index is 14.6. The molecule has 0 aliphatic carbocycles. The molecule has 1 saturated heterocycles. The molecule has 1 aliphatic rings. The number of benzene rings is 2. The fraction of sp³-hybridized carbons (Fsp3) is 0.364. The van der Waals surface area contributed by atoms with Crippen LogP contribution in [0.15, 0.2) is 42.5 Å². The van der Waals surface area contributed by atoms with Crippen molar-refractivity contribution in [3.8, 4) is 6.07 Å². The number of nitrogens with one attached hydrogen (secondary N) is 1. The van der Waals surface area contributed by atoms with Gasteiger partial charge in [-0.3, -0.25) is 0 Å². The lowest BCUT2D eigenvalue weighted by atomic mass is 10.1. The number of ether oxygens (including phenoxy) is 1. The van der Waals surface area contributed by atoms with E-state index in [1.54, 1.807) is 9.80 Å². The van der Waals surface area contributed by atoms with E-state index in [1.165, 1.54) is 12.1 Å². The van der Waals surface area contributed by atoms with Crippen LogP contribution in [0.1, 0.15) is 17.5 Å². The van der Waals surface area contributed by atoms with Crippen molar-refractivity contribution in [3.63, 3.8) is 0 Å². The van der Waals surface area contributed by atoms with Crippen LogP contribution >= 0.6 is 0 Å². The largest absolute Gasteiger partial charge is 0.445 e. The van der Waals surface area contributed by atoms with Gasteiger partial charge in [0.25, 0.3) is 0 Å². The van der Waals surface area contributed by atoms with Gasteiger partial charge in [-0.25, -0.2) is 13.6 Å². The van der Waals surface area contributed by atoms with Gasteiger partial charge >= 0.3 is 6.09 Å². The molecule has 0 atom stereocenters. The molecule has 1 fully saturated rings. The smallest absolute Gasteiger partial charge is 0.410 e. The molecule has 2 aromatic carbocycles. The summed E-state index contributed by atoms with van der Waals surface area (Å²) in [6.07, 6.45) is -0.0978. The number of nitrogens with zero attached hydrogens (tertiary/aromatic N) is 3. The molecule has 1 amide bonds. The molecule has 30 heavy (non-hydrogen) atoms. The van der Waals surface area contributed by atoms with Crippen molar-refractivity contribution in [1.29, 1.82) is 5.26 Å². The topological polar surface area (TPSA) is 68.6 Å². The number of piperazine rings is 1. The number of hydrogen-bond donors (Lipinski definition) is 1. The number of nitriles is 1. The third kappa shape index (κ3) is 5.67. The van der Waals surface area contributed by atoms with E-state index < -0.39 is 17.7 Å². The van der Waals surface area contributed by atoms with Gasteiger partial charge in [0.2, 0.25) is 0 Å². The van der Waals surface area contributed by atoms with Gasteiger partial charge in [0.05, 0.1) is 6.07 Å². The van der Waals surface area contributed by atoms with E-state index in [1.807, 2.05) is 36.4 Å². The molecular weight excluding hydrogens is 390 g/mol. The van der Waals surface area contributed by atoms with Crippen LogP contribution in [0.2, 0.25) is 0 Å². The van der Waals surface area contributed by atoms with E-state index in [9.17, 15) is 13.6 Å². The molecule has 0 unspecified atom stereocenters. The highest BCUT2D eigenvalue weighted by Crippen LogP contribution is 2.26. The van der Waals surface area contributed by atoms with Crippen LogP contribution in [-0.2, 0) is 17.9 Å². The van der Waals surface area contributed by atoms with Crippen molar-refractivity contribution in [2.24, 2.45) is 0 Å². The lowest BCUT2D eigenvalue weighted by Crippen LogP contribution is -2.49. The fourth-order valence-electron chi connectivity index (χ4n) is 3.32. The predicted octanol–water partition coefficient (Wildman–Crippen LogP) is 3.43. The second kappa shape index (κ2) is 10.6. The Bertz CT molecular complexity index is 871. The normalized spacial score (nSPS) is 13.8. The quantitative estimate of drug-likeness (QED) is 0.703. The summed E-state index contributed by atoms with van der Waals surface area (Å²) in [7, 11) is 0. The Hall–Kier alpha value is -3.18. The summed E-state index contributed by atoms with van der Waals surface area (Å²) in [4.78, 5) is 15.4. The summed E-state index contributed by atoms with van der Waals surface area (Å²) in [5.74, 6) is -1.26. The summed E-state index contributed by atoms with van der Waals surface area (Å²) >= 11 is 0. The van der Waals surface area contributed by atoms with Crippen LogP contribution in [0, 0.1) is 23.0 Å². The van der Waals surface area contributed by atoms with Crippen LogP contribution in [0.25, 0.3) is 0 Å². The SMILES string of the molecule is N#CCCNCc1cc(F)c(N2CCN(C(=O)OCc3ccccc3)CC2)c(F)c1. The van der Waals surface area contributed by atoms with Gasteiger partial charge in [-0.2, -0.15) is 5.26 Å². The number of amides is 1. The Balaban J connectivity index is 1.52. The molecule has 0 saturated carbocycles. The van der Waals surface area contributed by atoms with Crippen molar-refractivity contribution in [2.75, 3.05) is 37.6 Å². The maximum Gasteiger partial charge on any atom is 0.410 e. The zero-order chi connectivity index (χ0) is 21.3. The van der Waals surface area contributed by atoms with E-state index in [-0.39, 0.29) is 18.8 Å². The molecule has 158 valence electrons. The van der Waals surface area contributed by atoms with E-state index in [0.29, 0.717) is 44.7 Å². The zero-order valence-electron chi connectivity index (χ0n) is 16.6. The maximum atomic E-state index is 14.6. The number of anilines is 1. The predicted molar refractivity (Wildman–Crippen MR) is 109 cm³/mol. The van der Waals surface area contributed by atoms with Gasteiger partial charge in [-0.1, -0.05) is 30.3 Å². The minimum Gasteiger partial charge on any atom is -0.445 e. The molecule has 6 nitrogen and oxygen atoms in total. The summed E-state index contributed by atoms with van der Waals surface area (Å²) < 4.78 is 34.5. The molecule has 0 aromatic heterocycles. The second-order valence-electron chi connectivity index (χ2n) is 7.01. The third-order valence-electron chi connectivity index (χ3n) is 4.88. The van der Waals surface area contributed by atoms with E-state index in [0.717, 1.165) is 5.56 Å². The monoisotopic (exact) mass is 414 g/mol. The Morgan fingerprint density at radius 3 is 2.37 bits per heavy atom. The first-order valence-corrected chi connectivity index (χ1v) is 9.84. The summed E-state index contributed by atoms with van der Waals surface area (Å²) in [6, 6.07) is 14.0. The standard InChI is InChI=1S/C22H24F2N4O2/c23-19-13-18(15-26-8-4-7-25)14-20(24)21(19)27-9-11-28(12-10-27)22(29)30-16-17-5-2-1-3-6-17/h1-3,5-6,13-14,26H,4,8-12,15-16H2. The lowest BCUT2D eigenvalue weighted by Gasteiger charge is -2.35. The first-order chi connectivity index (χ1) is 14.6. The first-order valence-electron chi connectivity index (χ1n) is 9.84. The van der Waals surface area contributed by atoms with Gasteiger partial charge in [0, 0.05) is 45.7 Å². The van der Waals surface area contributed by atoms with Gasteiger partial charge < -0.3 is 19.9 Å². The minimum atomic E-state index is -0.632.